The van der Waals surface area contributed by atoms with Gasteiger partial charge in [0, 0.05) is 12.1 Å². The normalized spacial score (nSPS) is 11.1. The van der Waals surface area contributed by atoms with Gasteiger partial charge in [-0.3, -0.25) is 14.9 Å². The molecule has 142 valence electrons. The van der Waals surface area contributed by atoms with E-state index in [2.05, 4.69) is 5.32 Å². The van der Waals surface area contributed by atoms with Gasteiger partial charge in [0.2, 0.25) is 0 Å². The maximum absolute atomic E-state index is 11.8. The number of esters is 1. The van der Waals surface area contributed by atoms with E-state index in [0.29, 0.717) is 12.1 Å². The van der Waals surface area contributed by atoms with Crippen LogP contribution < -0.4 is 20.1 Å². The number of imide groups is 1. The minimum Gasteiger partial charge on any atom is -0.493 e. The number of methoxy groups -OCH3 is 1. The zero-order chi connectivity index (χ0) is 19.7. The highest BCUT2D eigenvalue weighted by Crippen LogP contribution is 2.28. The third-order valence-electron chi connectivity index (χ3n) is 3.17. The molecule has 0 aromatic heterocycles. The van der Waals surface area contributed by atoms with Crippen molar-refractivity contribution in [2.75, 3.05) is 20.3 Å². The van der Waals surface area contributed by atoms with Crippen LogP contribution in [-0.4, -0.2) is 50.1 Å². The monoisotopic (exact) mass is 366 g/mol. The highest BCUT2D eigenvalue weighted by molar-refractivity contribution is 5.97. The van der Waals surface area contributed by atoms with Crippen molar-refractivity contribution in [2.45, 2.75) is 26.9 Å². The van der Waals surface area contributed by atoms with Crippen molar-refractivity contribution in [2.24, 2.45) is 0 Å². The lowest BCUT2D eigenvalue weighted by Crippen LogP contribution is -2.44. The van der Waals surface area contributed by atoms with Gasteiger partial charge < -0.3 is 19.5 Å². The van der Waals surface area contributed by atoms with Crippen LogP contribution in [0.1, 0.15) is 31.1 Å². The van der Waals surface area contributed by atoms with E-state index in [1.807, 2.05) is 5.32 Å². The molecule has 0 aliphatic heterocycles. The molecule has 0 bridgehead atoms. The Morgan fingerprint density at radius 3 is 2.42 bits per heavy atom. The molecule has 0 saturated carbocycles. The average Bonchev–Trinajstić information content (AvgIpc) is 2.59. The van der Waals surface area contributed by atoms with Crippen LogP contribution in [0.15, 0.2) is 18.2 Å². The molecule has 0 heterocycles. The fourth-order valence-corrected chi connectivity index (χ4v) is 1.85. The second kappa shape index (κ2) is 10.0. The van der Waals surface area contributed by atoms with E-state index in [-0.39, 0.29) is 17.3 Å². The SMILES string of the molecule is CCNC(=O)NC(=O)[C@@H](C)OC(=O)COc1ccc(C(C)=O)cc1OC. The number of Topliss-reactive ketones (excluding diaryl/α,β-unsaturated/α-hetero) is 1. The number of rotatable bonds is 8. The molecule has 26 heavy (non-hydrogen) atoms. The molecule has 2 N–H and O–H groups in total. The van der Waals surface area contributed by atoms with E-state index in [0.717, 1.165) is 0 Å². The zero-order valence-corrected chi connectivity index (χ0v) is 15.1. The quantitative estimate of drug-likeness (QED) is 0.521. The van der Waals surface area contributed by atoms with Crippen molar-refractivity contribution in [3.63, 3.8) is 0 Å². The largest absolute Gasteiger partial charge is 0.493 e. The molecule has 0 radical (unpaired) electrons. The van der Waals surface area contributed by atoms with E-state index >= 15 is 0 Å². The highest BCUT2D eigenvalue weighted by atomic mass is 16.6. The van der Waals surface area contributed by atoms with Gasteiger partial charge >= 0.3 is 12.0 Å². The smallest absolute Gasteiger partial charge is 0.344 e. The topological polar surface area (TPSA) is 120 Å². The summed E-state index contributed by atoms with van der Waals surface area (Å²) in [5, 5.41) is 4.42. The maximum atomic E-state index is 11.8. The molecule has 1 atom stereocenters. The van der Waals surface area contributed by atoms with E-state index in [1.54, 1.807) is 6.92 Å². The lowest BCUT2D eigenvalue weighted by molar-refractivity contribution is -0.156. The number of nitrogens with one attached hydrogen (secondary N) is 2. The summed E-state index contributed by atoms with van der Waals surface area (Å²) in [6.45, 7) is 4.32. The van der Waals surface area contributed by atoms with E-state index in [4.69, 9.17) is 14.2 Å². The van der Waals surface area contributed by atoms with Crippen molar-refractivity contribution >= 4 is 23.7 Å². The van der Waals surface area contributed by atoms with Crippen LogP contribution in [0.25, 0.3) is 0 Å². The van der Waals surface area contributed by atoms with Gasteiger partial charge in [0.05, 0.1) is 7.11 Å². The summed E-state index contributed by atoms with van der Waals surface area (Å²) < 4.78 is 15.3. The first-order chi connectivity index (χ1) is 12.3. The summed E-state index contributed by atoms with van der Waals surface area (Å²) in [6, 6.07) is 3.85. The molecule has 0 fully saturated rings. The number of amides is 3. The van der Waals surface area contributed by atoms with Crippen LogP contribution in [0.4, 0.5) is 4.79 Å². The predicted molar refractivity (Wildman–Crippen MR) is 91.3 cm³/mol. The number of ether oxygens (including phenoxy) is 3. The molecule has 1 aromatic carbocycles. The number of ketones is 1. The third-order valence-corrected chi connectivity index (χ3v) is 3.17. The van der Waals surface area contributed by atoms with Crippen LogP contribution in [0, 0.1) is 0 Å². The summed E-state index contributed by atoms with van der Waals surface area (Å²) in [6.07, 6.45) is -1.17. The summed E-state index contributed by atoms with van der Waals surface area (Å²) in [4.78, 5) is 46.1. The Balaban J connectivity index is 2.57. The fourth-order valence-electron chi connectivity index (χ4n) is 1.85. The van der Waals surface area contributed by atoms with Crippen molar-refractivity contribution in [1.82, 2.24) is 10.6 Å². The first-order valence-electron chi connectivity index (χ1n) is 7.88. The Bertz CT molecular complexity index is 688. The van der Waals surface area contributed by atoms with Gasteiger partial charge in [0.15, 0.2) is 30.0 Å². The molecular formula is C17H22N2O7. The number of benzene rings is 1. The summed E-state index contributed by atoms with van der Waals surface area (Å²) in [5.41, 5.74) is 0.437. The lowest BCUT2D eigenvalue weighted by Gasteiger charge is -2.14. The number of carbonyl (C=O) groups excluding carboxylic acids is 4. The van der Waals surface area contributed by atoms with Crippen LogP contribution in [-0.2, 0) is 14.3 Å². The van der Waals surface area contributed by atoms with Gasteiger partial charge in [-0.25, -0.2) is 9.59 Å². The molecule has 9 heteroatoms. The lowest BCUT2D eigenvalue weighted by atomic mass is 10.1. The number of hydrogen-bond acceptors (Lipinski definition) is 7. The van der Waals surface area contributed by atoms with Crippen molar-refractivity contribution in [1.29, 1.82) is 0 Å². The summed E-state index contributed by atoms with van der Waals surface area (Å²) in [7, 11) is 1.40. The molecule has 0 saturated heterocycles. The molecule has 9 nitrogen and oxygen atoms in total. The molecule has 3 amide bonds. The van der Waals surface area contributed by atoms with Gasteiger partial charge in [-0.2, -0.15) is 0 Å². The first kappa shape index (κ1) is 20.9. The maximum Gasteiger partial charge on any atom is 0.344 e. The van der Waals surface area contributed by atoms with Crippen LogP contribution in [0.2, 0.25) is 0 Å². The Kier molecular flexibility index (Phi) is 8.07. The Morgan fingerprint density at radius 2 is 1.85 bits per heavy atom. The van der Waals surface area contributed by atoms with Crippen LogP contribution in [0.3, 0.4) is 0 Å². The second-order valence-electron chi connectivity index (χ2n) is 5.19. The number of hydrogen-bond donors (Lipinski definition) is 2. The Labute approximate surface area is 151 Å². The Morgan fingerprint density at radius 1 is 1.15 bits per heavy atom. The molecule has 1 aromatic rings. The number of carbonyl (C=O) groups is 4. The summed E-state index contributed by atoms with van der Waals surface area (Å²) >= 11 is 0. The van der Waals surface area contributed by atoms with Crippen molar-refractivity contribution in [3.8, 4) is 11.5 Å². The molecule has 0 aliphatic rings. The molecular weight excluding hydrogens is 344 g/mol. The highest BCUT2D eigenvalue weighted by Gasteiger charge is 2.20. The van der Waals surface area contributed by atoms with Crippen molar-refractivity contribution < 1.29 is 33.4 Å². The van der Waals surface area contributed by atoms with Crippen LogP contribution in [0.5, 0.6) is 11.5 Å². The van der Waals surface area contributed by atoms with Gasteiger partial charge in [0.1, 0.15) is 0 Å². The summed E-state index contributed by atoms with van der Waals surface area (Å²) in [5.74, 6) is -1.17. The molecule has 0 spiro atoms. The van der Waals surface area contributed by atoms with Gasteiger partial charge in [-0.1, -0.05) is 0 Å². The standard InChI is InChI=1S/C17H22N2O7/c1-5-18-17(23)19-16(22)11(3)26-15(21)9-25-13-7-6-12(10(2)20)8-14(13)24-4/h6-8,11H,5,9H2,1-4H3,(H2,18,19,22,23)/t11-/m1/s1. The third kappa shape index (κ3) is 6.42. The van der Waals surface area contributed by atoms with E-state index in [1.165, 1.54) is 39.2 Å². The van der Waals surface area contributed by atoms with E-state index in [9.17, 15) is 19.2 Å². The predicted octanol–water partition coefficient (Wildman–Crippen LogP) is 1.05. The van der Waals surface area contributed by atoms with Gasteiger partial charge in [-0.15, -0.1) is 0 Å². The van der Waals surface area contributed by atoms with Gasteiger partial charge in [-0.05, 0) is 39.0 Å². The van der Waals surface area contributed by atoms with Gasteiger partial charge in [0.25, 0.3) is 5.91 Å². The molecule has 0 aliphatic carbocycles. The van der Waals surface area contributed by atoms with E-state index < -0.39 is 30.6 Å². The van der Waals surface area contributed by atoms with Crippen molar-refractivity contribution in [3.05, 3.63) is 23.8 Å². The zero-order valence-electron chi connectivity index (χ0n) is 15.1. The number of urea groups is 1. The first-order valence-corrected chi connectivity index (χ1v) is 7.88. The molecule has 1 rings (SSSR count). The minimum atomic E-state index is -1.17. The minimum absolute atomic E-state index is 0.138. The Hall–Kier alpha value is -3.10. The molecule has 0 unspecified atom stereocenters. The average molecular weight is 366 g/mol. The fraction of sp³-hybridized carbons (Fsp3) is 0.412. The van der Waals surface area contributed by atoms with Crippen LogP contribution >= 0.6 is 0 Å². The second-order valence-corrected chi connectivity index (χ2v) is 5.19.